The van der Waals surface area contributed by atoms with E-state index in [-0.39, 0.29) is 12.8 Å². The van der Waals surface area contributed by atoms with Crippen molar-refractivity contribution in [3.63, 3.8) is 0 Å². The van der Waals surface area contributed by atoms with Crippen molar-refractivity contribution in [3.8, 4) is 0 Å². The summed E-state index contributed by atoms with van der Waals surface area (Å²) in [5, 5.41) is 8.51. The van der Waals surface area contributed by atoms with Gasteiger partial charge in [-0.05, 0) is 19.8 Å². The largest absolute Gasteiger partial charge is 0.394 e. The molecule has 1 fully saturated rings. The van der Waals surface area contributed by atoms with Gasteiger partial charge in [0.05, 0.1) is 13.2 Å². The lowest BCUT2D eigenvalue weighted by atomic mass is 10.4. The highest BCUT2D eigenvalue weighted by molar-refractivity contribution is 4.66. The van der Waals surface area contributed by atoms with Gasteiger partial charge >= 0.3 is 0 Å². The predicted octanol–water partition coefficient (Wildman–Crippen LogP) is 0.437. The van der Waals surface area contributed by atoms with Crippen LogP contribution in [0.15, 0.2) is 0 Å². The van der Waals surface area contributed by atoms with Gasteiger partial charge in [-0.15, -0.1) is 0 Å². The molecule has 1 unspecified atom stereocenters. The second-order valence-electron chi connectivity index (χ2n) is 2.94. The maximum Gasteiger partial charge on any atom is 0.107 e. The Hall–Kier alpha value is -0.120. The van der Waals surface area contributed by atoms with Gasteiger partial charge in [0.15, 0.2) is 0 Å². The molecule has 0 aromatic carbocycles. The van der Waals surface area contributed by atoms with Crippen molar-refractivity contribution in [1.82, 2.24) is 4.90 Å². The minimum atomic E-state index is 0.123. The van der Waals surface area contributed by atoms with E-state index in [4.69, 9.17) is 9.84 Å². The first-order valence-electron chi connectivity index (χ1n) is 4.31. The number of ether oxygens (including phenoxy) is 1. The Balaban J connectivity index is 2.12. The van der Waals surface area contributed by atoms with Crippen molar-refractivity contribution < 1.29 is 9.84 Å². The maximum atomic E-state index is 8.51. The van der Waals surface area contributed by atoms with Crippen molar-refractivity contribution in [1.29, 1.82) is 0 Å². The molecule has 1 aliphatic rings. The summed E-state index contributed by atoms with van der Waals surface area (Å²) < 4.78 is 5.35. The SMILES string of the molecule is CC(OCCO)N1CCCC1. The predicted molar refractivity (Wildman–Crippen MR) is 43.3 cm³/mol. The molecule has 0 bridgehead atoms. The molecule has 0 spiro atoms. The fourth-order valence-electron chi connectivity index (χ4n) is 1.43. The minimum Gasteiger partial charge on any atom is -0.394 e. The van der Waals surface area contributed by atoms with Gasteiger partial charge in [-0.1, -0.05) is 0 Å². The van der Waals surface area contributed by atoms with Crippen molar-refractivity contribution in [2.24, 2.45) is 0 Å². The molecule has 0 aromatic heterocycles. The second-order valence-corrected chi connectivity index (χ2v) is 2.94. The quantitative estimate of drug-likeness (QED) is 0.646. The van der Waals surface area contributed by atoms with E-state index in [2.05, 4.69) is 4.90 Å². The Kier molecular flexibility index (Phi) is 3.83. The van der Waals surface area contributed by atoms with E-state index in [1.165, 1.54) is 12.8 Å². The molecule has 1 saturated heterocycles. The molecule has 0 saturated carbocycles. The van der Waals surface area contributed by atoms with E-state index in [9.17, 15) is 0 Å². The molecule has 0 radical (unpaired) electrons. The Morgan fingerprint density at radius 1 is 1.45 bits per heavy atom. The average molecular weight is 159 g/mol. The van der Waals surface area contributed by atoms with Gasteiger partial charge in [-0.2, -0.15) is 0 Å². The molecular weight excluding hydrogens is 142 g/mol. The molecule has 11 heavy (non-hydrogen) atoms. The zero-order valence-electron chi connectivity index (χ0n) is 7.12. The molecule has 1 aliphatic heterocycles. The minimum absolute atomic E-state index is 0.123. The number of rotatable bonds is 4. The molecule has 0 amide bonds. The summed E-state index contributed by atoms with van der Waals surface area (Å²) in [5.41, 5.74) is 0. The highest BCUT2D eigenvalue weighted by Crippen LogP contribution is 2.11. The lowest BCUT2D eigenvalue weighted by molar-refractivity contribution is -0.0477. The molecule has 1 atom stereocenters. The van der Waals surface area contributed by atoms with Gasteiger partial charge < -0.3 is 9.84 Å². The van der Waals surface area contributed by atoms with E-state index in [1.54, 1.807) is 0 Å². The maximum absolute atomic E-state index is 8.51. The molecule has 1 heterocycles. The summed E-state index contributed by atoms with van der Waals surface area (Å²) in [4.78, 5) is 2.30. The molecule has 3 nitrogen and oxygen atoms in total. The lowest BCUT2D eigenvalue weighted by Gasteiger charge is -2.23. The highest BCUT2D eigenvalue weighted by atomic mass is 16.5. The summed E-state index contributed by atoms with van der Waals surface area (Å²) >= 11 is 0. The summed E-state index contributed by atoms with van der Waals surface area (Å²) in [5.74, 6) is 0. The molecule has 66 valence electrons. The molecule has 3 heteroatoms. The smallest absolute Gasteiger partial charge is 0.107 e. The first-order chi connectivity index (χ1) is 5.34. The Morgan fingerprint density at radius 2 is 2.09 bits per heavy atom. The van der Waals surface area contributed by atoms with E-state index >= 15 is 0 Å². The van der Waals surface area contributed by atoms with Crippen molar-refractivity contribution >= 4 is 0 Å². The van der Waals surface area contributed by atoms with Crippen LogP contribution < -0.4 is 0 Å². The van der Waals surface area contributed by atoms with Crippen LogP contribution in [-0.4, -0.2) is 42.5 Å². The van der Waals surface area contributed by atoms with Gasteiger partial charge in [0.25, 0.3) is 0 Å². The summed E-state index contributed by atoms with van der Waals surface area (Å²) in [6, 6.07) is 0. The van der Waals surface area contributed by atoms with Gasteiger partial charge in [0.1, 0.15) is 6.23 Å². The highest BCUT2D eigenvalue weighted by Gasteiger charge is 2.17. The first-order valence-corrected chi connectivity index (χ1v) is 4.31. The standard InChI is InChI=1S/C8H17NO2/c1-8(11-7-6-10)9-4-2-3-5-9/h8,10H,2-7H2,1H3. The van der Waals surface area contributed by atoms with Crippen LogP contribution in [0.5, 0.6) is 0 Å². The number of aliphatic hydroxyl groups is 1. The normalized spacial score (nSPS) is 22.4. The van der Waals surface area contributed by atoms with Crippen LogP contribution in [0.1, 0.15) is 19.8 Å². The monoisotopic (exact) mass is 159 g/mol. The van der Waals surface area contributed by atoms with E-state index in [0.29, 0.717) is 6.61 Å². The van der Waals surface area contributed by atoms with Gasteiger partial charge in [-0.3, -0.25) is 4.90 Å². The summed E-state index contributed by atoms with van der Waals surface area (Å²) in [6.07, 6.45) is 2.75. The van der Waals surface area contributed by atoms with Crippen LogP contribution in [-0.2, 0) is 4.74 Å². The lowest BCUT2D eigenvalue weighted by Crippen LogP contribution is -2.33. The zero-order valence-corrected chi connectivity index (χ0v) is 7.12. The zero-order chi connectivity index (χ0) is 8.10. The van der Waals surface area contributed by atoms with Crippen molar-refractivity contribution in [2.75, 3.05) is 26.3 Å². The van der Waals surface area contributed by atoms with Gasteiger partial charge in [-0.25, -0.2) is 0 Å². The molecule has 1 rings (SSSR count). The Labute approximate surface area is 68.0 Å². The third kappa shape index (κ3) is 2.77. The Bertz CT molecular complexity index is 102. The van der Waals surface area contributed by atoms with Crippen molar-refractivity contribution in [2.45, 2.75) is 26.0 Å². The van der Waals surface area contributed by atoms with Gasteiger partial charge in [0.2, 0.25) is 0 Å². The van der Waals surface area contributed by atoms with Gasteiger partial charge in [0, 0.05) is 13.1 Å². The fourth-order valence-corrected chi connectivity index (χ4v) is 1.43. The fraction of sp³-hybridized carbons (Fsp3) is 1.00. The topological polar surface area (TPSA) is 32.7 Å². The summed E-state index contributed by atoms with van der Waals surface area (Å²) in [7, 11) is 0. The van der Waals surface area contributed by atoms with Crippen LogP contribution in [0.25, 0.3) is 0 Å². The number of nitrogens with zero attached hydrogens (tertiary/aromatic N) is 1. The third-order valence-corrected chi connectivity index (χ3v) is 2.11. The molecule has 0 aliphatic carbocycles. The van der Waals surface area contributed by atoms with Crippen LogP contribution in [0.2, 0.25) is 0 Å². The second kappa shape index (κ2) is 4.70. The van der Waals surface area contributed by atoms with Crippen LogP contribution in [0.4, 0.5) is 0 Å². The number of hydrogen-bond acceptors (Lipinski definition) is 3. The average Bonchev–Trinajstić information content (AvgIpc) is 2.52. The molecular formula is C8H17NO2. The van der Waals surface area contributed by atoms with Crippen LogP contribution >= 0.6 is 0 Å². The third-order valence-electron chi connectivity index (χ3n) is 2.11. The number of likely N-dealkylation sites (tertiary alicyclic amines) is 1. The van der Waals surface area contributed by atoms with E-state index < -0.39 is 0 Å². The Morgan fingerprint density at radius 3 is 2.64 bits per heavy atom. The van der Waals surface area contributed by atoms with Crippen LogP contribution in [0, 0.1) is 0 Å². The molecule has 1 N–H and O–H groups in total. The van der Waals surface area contributed by atoms with Crippen molar-refractivity contribution in [3.05, 3.63) is 0 Å². The van der Waals surface area contributed by atoms with Crippen LogP contribution in [0.3, 0.4) is 0 Å². The van der Waals surface area contributed by atoms with E-state index in [0.717, 1.165) is 13.1 Å². The van der Waals surface area contributed by atoms with E-state index in [1.807, 2.05) is 6.92 Å². The first kappa shape index (κ1) is 8.97. The number of hydrogen-bond donors (Lipinski definition) is 1. The molecule has 0 aromatic rings. The summed E-state index contributed by atoms with van der Waals surface area (Å²) in [6.45, 7) is 4.91. The number of aliphatic hydroxyl groups excluding tert-OH is 1.